The van der Waals surface area contributed by atoms with Crippen molar-refractivity contribution in [1.29, 1.82) is 0 Å². The number of ether oxygens (including phenoxy) is 1. The number of pyridine rings is 2. The van der Waals surface area contributed by atoms with Crippen molar-refractivity contribution in [2.75, 3.05) is 31.1 Å². The lowest BCUT2D eigenvalue weighted by atomic mass is 10.1. The number of hydrogen-bond acceptors (Lipinski definition) is 5. The van der Waals surface area contributed by atoms with Crippen LogP contribution in [0.3, 0.4) is 0 Å². The highest BCUT2D eigenvalue weighted by Gasteiger charge is 2.29. The van der Waals surface area contributed by atoms with E-state index in [1.807, 2.05) is 6.07 Å². The average molecular weight is 300 g/mol. The van der Waals surface area contributed by atoms with Crippen molar-refractivity contribution in [3.05, 3.63) is 36.4 Å². The van der Waals surface area contributed by atoms with Crippen LogP contribution < -0.4 is 15.0 Å². The third-order valence-corrected chi connectivity index (χ3v) is 4.20. The van der Waals surface area contributed by atoms with Gasteiger partial charge in [0.1, 0.15) is 11.5 Å². The minimum absolute atomic E-state index is 0.308. The molecule has 22 heavy (non-hydrogen) atoms. The molecule has 1 atom stereocenters. The molecule has 5 nitrogen and oxygen atoms in total. The normalized spacial score (nSPS) is 20.6. The molecule has 0 bridgehead atoms. The van der Waals surface area contributed by atoms with Gasteiger partial charge in [0.15, 0.2) is 11.6 Å². The molecule has 2 aromatic rings. The average Bonchev–Trinajstić information content (AvgIpc) is 2.74. The molecule has 114 valence electrons. The van der Waals surface area contributed by atoms with Gasteiger partial charge < -0.3 is 15.0 Å². The molecule has 1 saturated heterocycles. The third-order valence-electron chi connectivity index (χ3n) is 4.20. The third kappa shape index (κ3) is 2.29. The van der Waals surface area contributed by atoms with E-state index in [1.54, 1.807) is 18.5 Å². The molecule has 1 unspecified atom stereocenters. The van der Waals surface area contributed by atoms with Crippen molar-refractivity contribution in [1.82, 2.24) is 15.3 Å². The number of aromatic nitrogens is 2. The Morgan fingerprint density at radius 3 is 3.23 bits per heavy atom. The summed E-state index contributed by atoms with van der Waals surface area (Å²) in [6.07, 6.45) is 4.21. The van der Waals surface area contributed by atoms with Crippen LogP contribution in [-0.2, 0) is 0 Å². The first-order valence-corrected chi connectivity index (χ1v) is 7.54. The monoisotopic (exact) mass is 300 g/mol. The highest BCUT2D eigenvalue weighted by molar-refractivity contribution is 5.66. The van der Waals surface area contributed by atoms with E-state index in [4.69, 9.17) is 4.74 Å². The van der Waals surface area contributed by atoms with Crippen LogP contribution in [0.5, 0.6) is 5.75 Å². The summed E-state index contributed by atoms with van der Waals surface area (Å²) in [6, 6.07) is 5.23. The summed E-state index contributed by atoms with van der Waals surface area (Å²) in [5, 5.41) is 3.40. The summed E-state index contributed by atoms with van der Waals surface area (Å²) < 4.78 is 19.8. The quantitative estimate of drug-likeness (QED) is 0.871. The van der Waals surface area contributed by atoms with Crippen LogP contribution in [0.15, 0.2) is 30.6 Å². The van der Waals surface area contributed by atoms with Crippen molar-refractivity contribution in [3.63, 3.8) is 0 Å². The van der Waals surface area contributed by atoms with E-state index >= 15 is 0 Å². The van der Waals surface area contributed by atoms with Gasteiger partial charge in [-0.25, -0.2) is 9.37 Å². The fourth-order valence-electron chi connectivity index (χ4n) is 3.09. The molecular formula is C16H17FN4O. The Morgan fingerprint density at radius 2 is 2.32 bits per heavy atom. The van der Waals surface area contributed by atoms with Crippen molar-refractivity contribution >= 4 is 5.82 Å². The first-order valence-electron chi connectivity index (χ1n) is 7.54. The second kappa shape index (κ2) is 5.53. The molecule has 4 heterocycles. The Morgan fingerprint density at radius 1 is 1.36 bits per heavy atom. The van der Waals surface area contributed by atoms with E-state index in [0.29, 0.717) is 29.7 Å². The Balaban J connectivity index is 1.75. The maximum absolute atomic E-state index is 13.9. The number of piperazine rings is 1. The largest absolute Gasteiger partial charge is 0.490 e. The topological polar surface area (TPSA) is 50.3 Å². The predicted octanol–water partition coefficient (Wildman–Crippen LogP) is 1.84. The van der Waals surface area contributed by atoms with Crippen LogP contribution >= 0.6 is 0 Å². The summed E-state index contributed by atoms with van der Waals surface area (Å²) >= 11 is 0. The minimum atomic E-state index is -0.349. The highest BCUT2D eigenvalue weighted by Crippen LogP contribution is 2.35. The van der Waals surface area contributed by atoms with Gasteiger partial charge in [0.25, 0.3) is 0 Å². The number of rotatable bonds is 1. The Hall–Kier alpha value is -2.21. The summed E-state index contributed by atoms with van der Waals surface area (Å²) in [5.41, 5.74) is 0.952. The lowest BCUT2D eigenvalue weighted by molar-refractivity contribution is 0.304. The zero-order valence-corrected chi connectivity index (χ0v) is 12.1. The first kappa shape index (κ1) is 13.5. The van der Waals surface area contributed by atoms with Gasteiger partial charge in [-0.05, 0) is 18.2 Å². The molecule has 2 aromatic heterocycles. The molecule has 0 saturated carbocycles. The predicted molar refractivity (Wildman–Crippen MR) is 81.5 cm³/mol. The number of halogens is 1. The minimum Gasteiger partial charge on any atom is -0.490 e. The maximum atomic E-state index is 13.9. The van der Waals surface area contributed by atoms with E-state index < -0.39 is 0 Å². The van der Waals surface area contributed by atoms with Crippen LogP contribution in [0.2, 0.25) is 0 Å². The number of hydrogen-bond donors (Lipinski definition) is 1. The van der Waals surface area contributed by atoms with E-state index in [1.165, 1.54) is 6.07 Å². The van der Waals surface area contributed by atoms with Gasteiger partial charge in [-0.15, -0.1) is 0 Å². The number of fused-ring (bicyclic) bond motifs is 3. The second-order valence-corrected chi connectivity index (χ2v) is 5.57. The fourth-order valence-corrected chi connectivity index (χ4v) is 3.09. The van der Waals surface area contributed by atoms with Crippen LogP contribution in [0, 0.1) is 5.82 Å². The molecule has 1 fully saturated rings. The number of anilines is 1. The Kier molecular flexibility index (Phi) is 3.38. The van der Waals surface area contributed by atoms with Gasteiger partial charge in [0, 0.05) is 50.1 Å². The standard InChI is InChI=1S/C16H17FN4O/c17-13-2-1-4-19-15(13)11-8-14-16(20-9-11)21-6-5-18-10-12(21)3-7-22-14/h1-2,4,8-9,12,18H,3,5-7,10H2. The van der Waals surface area contributed by atoms with Gasteiger partial charge in [-0.2, -0.15) is 0 Å². The first-order chi connectivity index (χ1) is 10.8. The summed E-state index contributed by atoms with van der Waals surface area (Å²) in [4.78, 5) is 10.9. The Labute approximate surface area is 128 Å². The molecule has 0 amide bonds. The lowest BCUT2D eigenvalue weighted by Gasteiger charge is -2.35. The molecule has 0 aromatic carbocycles. The van der Waals surface area contributed by atoms with Gasteiger partial charge in [-0.3, -0.25) is 4.98 Å². The van der Waals surface area contributed by atoms with Crippen molar-refractivity contribution in [2.24, 2.45) is 0 Å². The van der Waals surface area contributed by atoms with E-state index in [9.17, 15) is 4.39 Å². The van der Waals surface area contributed by atoms with E-state index in [2.05, 4.69) is 20.2 Å². The fraction of sp³-hybridized carbons (Fsp3) is 0.375. The number of nitrogens with zero attached hydrogens (tertiary/aromatic N) is 3. The molecule has 0 aliphatic carbocycles. The van der Waals surface area contributed by atoms with Crippen LogP contribution in [0.25, 0.3) is 11.3 Å². The van der Waals surface area contributed by atoms with E-state index in [0.717, 1.165) is 31.9 Å². The molecule has 0 spiro atoms. The zero-order valence-electron chi connectivity index (χ0n) is 12.1. The maximum Gasteiger partial charge on any atom is 0.171 e. The van der Waals surface area contributed by atoms with Crippen molar-refractivity contribution < 1.29 is 9.13 Å². The van der Waals surface area contributed by atoms with Crippen LogP contribution in [-0.4, -0.2) is 42.3 Å². The van der Waals surface area contributed by atoms with Gasteiger partial charge >= 0.3 is 0 Å². The van der Waals surface area contributed by atoms with Crippen LogP contribution in [0.4, 0.5) is 10.2 Å². The van der Waals surface area contributed by atoms with Gasteiger partial charge in [0.2, 0.25) is 0 Å². The van der Waals surface area contributed by atoms with Gasteiger partial charge in [-0.1, -0.05) is 0 Å². The summed E-state index contributed by atoms with van der Waals surface area (Å²) in [7, 11) is 0. The molecular weight excluding hydrogens is 283 g/mol. The van der Waals surface area contributed by atoms with Crippen LogP contribution in [0.1, 0.15) is 6.42 Å². The lowest BCUT2D eigenvalue weighted by Crippen LogP contribution is -2.51. The Bertz CT molecular complexity index is 694. The zero-order chi connectivity index (χ0) is 14.9. The highest BCUT2D eigenvalue weighted by atomic mass is 19.1. The smallest absolute Gasteiger partial charge is 0.171 e. The van der Waals surface area contributed by atoms with E-state index in [-0.39, 0.29) is 5.82 Å². The molecule has 1 N–H and O–H groups in total. The molecule has 2 aliphatic heterocycles. The molecule has 2 aliphatic rings. The molecule has 4 rings (SSSR count). The second-order valence-electron chi connectivity index (χ2n) is 5.57. The van der Waals surface area contributed by atoms with Gasteiger partial charge in [0.05, 0.1) is 6.61 Å². The van der Waals surface area contributed by atoms with Crippen molar-refractivity contribution in [2.45, 2.75) is 12.5 Å². The summed E-state index contributed by atoms with van der Waals surface area (Å²) in [6.45, 7) is 3.44. The molecule has 6 heteroatoms. The molecule has 0 radical (unpaired) electrons. The number of nitrogens with one attached hydrogen (secondary N) is 1. The van der Waals surface area contributed by atoms with Crippen molar-refractivity contribution in [3.8, 4) is 17.0 Å². The summed E-state index contributed by atoms with van der Waals surface area (Å²) in [5.74, 6) is 1.22. The SMILES string of the molecule is Fc1cccnc1-c1cnc2c(c1)OCCC1CNCCN21.